The summed E-state index contributed by atoms with van der Waals surface area (Å²) < 4.78 is 1.95. The number of carbonyl (C=O) groups excluding carboxylic acids is 1. The minimum atomic E-state index is -0.00635. The van der Waals surface area contributed by atoms with Gasteiger partial charge in [0, 0.05) is 18.5 Å². The number of hydrogen-bond acceptors (Lipinski definition) is 3. The number of hydrogen-bond donors (Lipinski definition) is 2. The van der Waals surface area contributed by atoms with Gasteiger partial charge in [0.2, 0.25) is 5.91 Å². The van der Waals surface area contributed by atoms with Crippen molar-refractivity contribution in [2.45, 2.75) is 51.1 Å². The van der Waals surface area contributed by atoms with Crippen LogP contribution >= 0.6 is 0 Å². The van der Waals surface area contributed by atoms with E-state index in [0.717, 1.165) is 25.1 Å². The summed E-state index contributed by atoms with van der Waals surface area (Å²) in [7, 11) is 0. The fraction of sp³-hybridized carbons (Fsp3) is 0.444. The average molecular weight is 312 g/mol. The number of aromatic nitrogens is 2. The van der Waals surface area contributed by atoms with E-state index in [1.807, 2.05) is 17.7 Å². The fourth-order valence-electron chi connectivity index (χ4n) is 3.21. The molecule has 5 nitrogen and oxygen atoms in total. The smallest absolute Gasteiger partial charge is 0.225 e. The van der Waals surface area contributed by atoms with E-state index in [4.69, 9.17) is 5.73 Å². The van der Waals surface area contributed by atoms with Crippen molar-refractivity contribution in [3.8, 4) is 0 Å². The highest BCUT2D eigenvalue weighted by atomic mass is 16.1. The molecule has 5 heteroatoms. The molecule has 1 heterocycles. The predicted molar refractivity (Wildman–Crippen MR) is 91.3 cm³/mol. The summed E-state index contributed by atoms with van der Waals surface area (Å²) >= 11 is 0. The molecule has 0 saturated carbocycles. The topological polar surface area (TPSA) is 72.9 Å². The number of amides is 1. The zero-order chi connectivity index (χ0) is 16.2. The number of nitrogens with one attached hydrogen (secondary N) is 1. The molecular formula is C18H24N4O. The fourth-order valence-corrected chi connectivity index (χ4v) is 3.21. The third-order valence-corrected chi connectivity index (χ3v) is 4.40. The van der Waals surface area contributed by atoms with Gasteiger partial charge in [-0.2, -0.15) is 5.10 Å². The summed E-state index contributed by atoms with van der Waals surface area (Å²) in [4.78, 5) is 12.1. The van der Waals surface area contributed by atoms with Crippen LogP contribution < -0.4 is 11.1 Å². The van der Waals surface area contributed by atoms with E-state index in [1.165, 1.54) is 11.1 Å². The van der Waals surface area contributed by atoms with Crippen LogP contribution in [0.4, 0.5) is 5.82 Å². The summed E-state index contributed by atoms with van der Waals surface area (Å²) in [6.45, 7) is 1.91. The van der Waals surface area contributed by atoms with Crippen LogP contribution in [0.2, 0.25) is 0 Å². The second-order valence-electron chi connectivity index (χ2n) is 6.33. The van der Waals surface area contributed by atoms with Gasteiger partial charge in [0.1, 0.15) is 5.82 Å². The van der Waals surface area contributed by atoms with Gasteiger partial charge in [0.15, 0.2) is 0 Å². The summed E-state index contributed by atoms with van der Waals surface area (Å²) in [6, 6.07) is 10.6. The Hall–Kier alpha value is -2.14. The van der Waals surface area contributed by atoms with Gasteiger partial charge < -0.3 is 11.1 Å². The highest BCUT2D eigenvalue weighted by Gasteiger charge is 2.24. The Kier molecular flexibility index (Phi) is 4.76. The van der Waals surface area contributed by atoms with Gasteiger partial charge in [0.25, 0.3) is 0 Å². The Labute approximate surface area is 136 Å². The number of benzene rings is 1. The predicted octanol–water partition coefficient (Wildman–Crippen LogP) is 2.87. The largest absolute Gasteiger partial charge is 0.328 e. The number of aryl methyl sites for hydroxylation is 1. The maximum atomic E-state index is 12.1. The molecule has 122 valence electrons. The monoisotopic (exact) mass is 312 g/mol. The second kappa shape index (κ2) is 6.96. The van der Waals surface area contributed by atoms with Crippen LogP contribution in [0.25, 0.3) is 0 Å². The standard InChI is InChI=1S/C18H24N4O/c1-13(19)9-10-18(23)21-17-11-12-20-22(17)16-8-4-6-14-5-2-3-7-15(14)16/h2-3,5,7,11-13,16H,4,6,8-10,19H2,1H3,(H,21,23). The molecule has 1 aliphatic carbocycles. The minimum absolute atomic E-state index is 0.00635. The second-order valence-corrected chi connectivity index (χ2v) is 6.33. The Morgan fingerprint density at radius 3 is 3.09 bits per heavy atom. The zero-order valence-corrected chi connectivity index (χ0v) is 13.5. The van der Waals surface area contributed by atoms with Crippen molar-refractivity contribution in [2.75, 3.05) is 5.32 Å². The van der Waals surface area contributed by atoms with Crippen LogP contribution in [0.15, 0.2) is 36.5 Å². The number of carbonyl (C=O) groups is 1. The highest BCUT2D eigenvalue weighted by Crippen LogP contribution is 2.34. The number of fused-ring (bicyclic) bond motifs is 1. The third-order valence-electron chi connectivity index (χ3n) is 4.40. The first kappa shape index (κ1) is 15.7. The summed E-state index contributed by atoms with van der Waals surface area (Å²) in [6.07, 6.45) is 6.17. The molecule has 2 atom stereocenters. The molecule has 0 fully saturated rings. The van der Waals surface area contributed by atoms with Crippen molar-refractivity contribution in [1.29, 1.82) is 0 Å². The lowest BCUT2D eigenvalue weighted by molar-refractivity contribution is -0.116. The van der Waals surface area contributed by atoms with Crippen molar-refractivity contribution in [2.24, 2.45) is 5.73 Å². The lowest BCUT2D eigenvalue weighted by atomic mass is 9.88. The zero-order valence-electron chi connectivity index (χ0n) is 13.5. The molecule has 1 aliphatic rings. The number of anilines is 1. The Morgan fingerprint density at radius 2 is 2.26 bits per heavy atom. The first-order valence-electron chi connectivity index (χ1n) is 8.32. The minimum Gasteiger partial charge on any atom is -0.328 e. The Balaban J connectivity index is 1.78. The molecule has 1 aromatic heterocycles. The summed E-state index contributed by atoms with van der Waals surface area (Å²) in [5.74, 6) is 0.759. The van der Waals surface area contributed by atoms with Gasteiger partial charge in [-0.3, -0.25) is 4.79 Å². The maximum Gasteiger partial charge on any atom is 0.225 e. The molecule has 0 radical (unpaired) electrons. The number of nitrogens with two attached hydrogens (primary N) is 1. The van der Waals surface area contributed by atoms with Gasteiger partial charge >= 0.3 is 0 Å². The molecule has 1 amide bonds. The SMILES string of the molecule is CC(N)CCC(=O)Nc1ccnn1C1CCCc2ccccc21. The molecule has 2 aromatic rings. The van der Waals surface area contributed by atoms with Crippen LogP contribution in [-0.4, -0.2) is 21.7 Å². The van der Waals surface area contributed by atoms with Crippen molar-refractivity contribution < 1.29 is 4.79 Å². The van der Waals surface area contributed by atoms with Crippen molar-refractivity contribution in [1.82, 2.24) is 9.78 Å². The molecule has 0 saturated heterocycles. The quantitative estimate of drug-likeness (QED) is 0.891. The van der Waals surface area contributed by atoms with Crippen LogP contribution in [0.3, 0.4) is 0 Å². The van der Waals surface area contributed by atoms with Crippen molar-refractivity contribution in [3.05, 3.63) is 47.7 Å². The van der Waals surface area contributed by atoms with E-state index in [1.54, 1.807) is 6.20 Å². The molecule has 3 rings (SSSR count). The van der Waals surface area contributed by atoms with Crippen LogP contribution in [0.1, 0.15) is 49.8 Å². The highest BCUT2D eigenvalue weighted by molar-refractivity contribution is 5.89. The normalized spacial score (nSPS) is 18.3. The molecule has 23 heavy (non-hydrogen) atoms. The van der Waals surface area contributed by atoms with E-state index in [9.17, 15) is 4.79 Å². The molecule has 2 unspecified atom stereocenters. The summed E-state index contributed by atoms with van der Waals surface area (Å²) in [5, 5.41) is 7.44. The van der Waals surface area contributed by atoms with Gasteiger partial charge in [-0.05, 0) is 43.7 Å². The van der Waals surface area contributed by atoms with Gasteiger partial charge in [-0.25, -0.2) is 4.68 Å². The van der Waals surface area contributed by atoms with Gasteiger partial charge in [-0.1, -0.05) is 24.3 Å². The van der Waals surface area contributed by atoms with E-state index in [-0.39, 0.29) is 18.0 Å². The van der Waals surface area contributed by atoms with Crippen LogP contribution in [0.5, 0.6) is 0 Å². The molecule has 0 spiro atoms. The molecule has 1 aromatic carbocycles. The first-order chi connectivity index (χ1) is 11.1. The van der Waals surface area contributed by atoms with E-state index >= 15 is 0 Å². The number of rotatable bonds is 5. The lowest BCUT2D eigenvalue weighted by Crippen LogP contribution is -2.23. The Bertz CT molecular complexity index is 677. The van der Waals surface area contributed by atoms with Crippen molar-refractivity contribution >= 4 is 11.7 Å². The lowest BCUT2D eigenvalue weighted by Gasteiger charge is -2.27. The average Bonchev–Trinajstić information content (AvgIpc) is 3.00. The van der Waals surface area contributed by atoms with E-state index in [2.05, 4.69) is 34.7 Å². The number of nitrogens with zero attached hydrogens (tertiary/aromatic N) is 2. The van der Waals surface area contributed by atoms with Gasteiger partial charge in [-0.15, -0.1) is 0 Å². The van der Waals surface area contributed by atoms with E-state index in [0.29, 0.717) is 12.8 Å². The first-order valence-corrected chi connectivity index (χ1v) is 8.32. The maximum absolute atomic E-state index is 12.1. The molecule has 3 N–H and O–H groups in total. The molecule has 0 aliphatic heterocycles. The summed E-state index contributed by atoms with van der Waals surface area (Å²) in [5.41, 5.74) is 8.41. The molecule has 0 bridgehead atoms. The third kappa shape index (κ3) is 3.62. The van der Waals surface area contributed by atoms with E-state index < -0.39 is 0 Å². The van der Waals surface area contributed by atoms with Crippen molar-refractivity contribution in [3.63, 3.8) is 0 Å². The Morgan fingerprint density at radius 1 is 1.43 bits per heavy atom. The van der Waals surface area contributed by atoms with Gasteiger partial charge in [0.05, 0.1) is 12.2 Å². The van der Waals surface area contributed by atoms with Crippen LogP contribution in [-0.2, 0) is 11.2 Å². The molecular weight excluding hydrogens is 288 g/mol. The van der Waals surface area contributed by atoms with Crippen LogP contribution in [0, 0.1) is 0 Å².